The SMILES string of the molecule is O=C(c1cc2nc(C(F)F)cc(C(F)F)n2n1)N1CCN(Cc2ccccc2F)CC1. The smallest absolute Gasteiger partial charge is 0.280 e. The lowest BCUT2D eigenvalue weighted by Gasteiger charge is -2.34. The van der Waals surface area contributed by atoms with Crippen molar-refractivity contribution in [1.82, 2.24) is 24.4 Å². The van der Waals surface area contributed by atoms with Crippen molar-refractivity contribution in [3.63, 3.8) is 0 Å². The van der Waals surface area contributed by atoms with Crippen LogP contribution in [0.5, 0.6) is 0 Å². The minimum absolute atomic E-state index is 0.150. The number of rotatable bonds is 5. The summed E-state index contributed by atoms with van der Waals surface area (Å²) in [6, 6.07) is 8.17. The minimum atomic E-state index is -3.06. The number of halogens is 5. The van der Waals surface area contributed by atoms with Crippen molar-refractivity contribution in [3.8, 4) is 0 Å². The lowest BCUT2D eigenvalue weighted by Crippen LogP contribution is -2.48. The summed E-state index contributed by atoms with van der Waals surface area (Å²) in [6.45, 7) is 2.05. The Balaban J connectivity index is 1.49. The topological polar surface area (TPSA) is 53.7 Å². The van der Waals surface area contributed by atoms with Crippen LogP contribution in [0, 0.1) is 5.82 Å². The maximum Gasteiger partial charge on any atom is 0.280 e. The Bertz CT molecular complexity index is 1090. The number of fused-ring (bicyclic) bond motifs is 1. The number of alkyl halides is 4. The van der Waals surface area contributed by atoms with Crippen LogP contribution in [-0.4, -0.2) is 56.5 Å². The molecule has 31 heavy (non-hydrogen) atoms. The van der Waals surface area contributed by atoms with E-state index in [0.29, 0.717) is 44.4 Å². The summed E-state index contributed by atoms with van der Waals surface area (Å²) in [6.07, 6.45) is -6.09. The second-order valence-electron chi connectivity index (χ2n) is 7.17. The zero-order valence-corrected chi connectivity index (χ0v) is 16.2. The molecule has 1 aromatic carbocycles. The quantitative estimate of drug-likeness (QED) is 0.569. The molecule has 0 atom stereocenters. The van der Waals surface area contributed by atoms with E-state index in [9.17, 15) is 26.7 Å². The summed E-state index contributed by atoms with van der Waals surface area (Å²) in [5.41, 5.74) is -1.39. The Morgan fingerprint density at radius 2 is 1.71 bits per heavy atom. The van der Waals surface area contributed by atoms with E-state index < -0.39 is 30.1 Å². The van der Waals surface area contributed by atoms with Crippen molar-refractivity contribution in [2.24, 2.45) is 0 Å². The van der Waals surface area contributed by atoms with E-state index in [2.05, 4.69) is 10.1 Å². The molecule has 164 valence electrons. The standard InChI is InChI=1S/C20H18F5N5O/c21-13-4-2-1-3-12(13)11-28-5-7-29(8-6-28)20(31)15-10-17-26-14(18(22)23)9-16(19(24)25)30(17)27-15/h1-4,9-10,18-19H,5-8,11H2. The third-order valence-electron chi connectivity index (χ3n) is 5.15. The number of amides is 1. The molecule has 0 radical (unpaired) electrons. The van der Waals surface area contributed by atoms with Crippen molar-refractivity contribution in [1.29, 1.82) is 0 Å². The van der Waals surface area contributed by atoms with Gasteiger partial charge in [-0.3, -0.25) is 9.69 Å². The van der Waals surface area contributed by atoms with Gasteiger partial charge in [-0.1, -0.05) is 18.2 Å². The Morgan fingerprint density at radius 3 is 2.35 bits per heavy atom. The van der Waals surface area contributed by atoms with E-state index in [1.807, 2.05) is 4.90 Å². The molecule has 0 saturated carbocycles. The molecule has 0 N–H and O–H groups in total. The number of carbonyl (C=O) groups is 1. The Hall–Kier alpha value is -3.08. The molecule has 11 heteroatoms. The van der Waals surface area contributed by atoms with Gasteiger partial charge in [0.1, 0.15) is 17.2 Å². The summed E-state index contributed by atoms with van der Waals surface area (Å²) in [7, 11) is 0. The molecule has 0 spiro atoms. The van der Waals surface area contributed by atoms with Crippen molar-refractivity contribution < 1.29 is 26.7 Å². The molecule has 1 amide bonds. The second-order valence-corrected chi connectivity index (χ2v) is 7.17. The zero-order chi connectivity index (χ0) is 22.1. The highest BCUT2D eigenvalue weighted by Gasteiger charge is 2.26. The highest BCUT2D eigenvalue weighted by Crippen LogP contribution is 2.25. The fraction of sp³-hybridized carbons (Fsp3) is 0.350. The maximum absolute atomic E-state index is 13.8. The van der Waals surface area contributed by atoms with Gasteiger partial charge in [-0.15, -0.1) is 0 Å². The first-order chi connectivity index (χ1) is 14.8. The van der Waals surface area contributed by atoms with Crippen LogP contribution in [0.1, 0.15) is 40.3 Å². The van der Waals surface area contributed by atoms with Crippen LogP contribution in [0.15, 0.2) is 36.4 Å². The van der Waals surface area contributed by atoms with E-state index in [4.69, 9.17) is 0 Å². The molecule has 6 nitrogen and oxygen atoms in total. The van der Waals surface area contributed by atoms with Crippen LogP contribution in [-0.2, 0) is 6.54 Å². The van der Waals surface area contributed by atoms with Crippen molar-refractivity contribution in [2.75, 3.05) is 26.2 Å². The van der Waals surface area contributed by atoms with Gasteiger partial charge in [0.15, 0.2) is 11.3 Å². The van der Waals surface area contributed by atoms with Gasteiger partial charge in [-0.2, -0.15) is 5.10 Å². The monoisotopic (exact) mass is 439 g/mol. The fourth-order valence-corrected chi connectivity index (χ4v) is 3.53. The molecule has 3 heterocycles. The highest BCUT2D eigenvalue weighted by atomic mass is 19.3. The lowest BCUT2D eigenvalue weighted by molar-refractivity contribution is 0.0620. The Kier molecular flexibility index (Phi) is 5.86. The van der Waals surface area contributed by atoms with Gasteiger partial charge < -0.3 is 4.90 Å². The molecule has 1 aliphatic heterocycles. The number of benzene rings is 1. The van der Waals surface area contributed by atoms with Crippen molar-refractivity contribution >= 4 is 11.6 Å². The van der Waals surface area contributed by atoms with Crippen molar-refractivity contribution in [2.45, 2.75) is 19.4 Å². The molecular weight excluding hydrogens is 421 g/mol. The average Bonchev–Trinajstić information content (AvgIpc) is 3.18. The lowest BCUT2D eigenvalue weighted by atomic mass is 10.2. The second kappa shape index (κ2) is 8.58. The first-order valence-corrected chi connectivity index (χ1v) is 9.55. The predicted octanol–water partition coefficient (Wildman–Crippen LogP) is 3.70. The summed E-state index contributed by atoms with van der Waals surface area (Å²) < 4.78 is 67.1. The largest absolute Gasteiger partial charge is 0.335 e. The number of nitrogens with zero attached hydrogens (tertiary/aromatic N) is 5. The normalized spacial score (nSPS) is 15.4. The molecule has 2 aromatic heterocycles. The number of hydrogen-bond donors (Lipinski definition) is 0. The van der Waals surface area contributed by atoms with Gasteiger partial charge in [0.2, 0.25) is 0 Å². The van der Waals surface area contributed by atoms with E-state index in [0.717, 1.165) is 10.6 Å². The van der Waals surface area contributed by atoms with E-state index in [1.54, 1.807) is 18.2 Å². The van der Waals surface area contributed by atoms with Crippen LogP contribution >= 0.6 is 0 Å². The minimum Gasteiger partial charge on any atom is -0.335 e. The van der Waals surface area contributed by atoms with Crippen LogP contribution in [0.3, 0.4) is 0 Å². The molecule has 3 aromatic rings. The van der Waals surface area contributed by atoms with Gasteiger partial charge in [-0.25, -0.2) is 31.5 Å². The Labute approximate surface area is 173 Å². The molecule has 4 rings (SSSR count). The molecule has 1 fully saturated rings. The molecular formula is C20H18F5N5O. The first kappa shape index (κ1) is 21.2. The van der Waals surface area contributed by atoms with E-state index >= 15 is 0 Å². The fourth-order valence-electron chi connectivity index (χ4n) is 3.53. The number of carbonyl (C=O) groups excluding carboxylic acids is 1. The average molecular weight is 439 g/mol. The van der Waals surface area contributed by atoms with Gasteiger partial charge in [0, 0.05) is 44.4 Å². The zero-order valence-electron chi connectivity index (χ0n) is 16.2. The van der Waals surface area contributed by atoms with Gasteiger partial charge in [0.05, 0.1) is 0 Å². The summed E-state index contributed by atoms with van der Waals surface area (Å²) in [5, 5.41) is 3.88. The molecule has 1 saturated heterocycles. The predicted molar refractivity (Wildman–Crippen MR) is 100 cm³/mol. The van der Waals surface area contributed by atoms with Gasteiger partial charge in [0.25, 0.3) is 18.8 Å². The molecule has 0 aliphatic carbocycles. The summed E-state index contributed by atoms with van der Waals surface area (Å²) in [4.78, 5) is 19.9. The van der Waals surface area contributed by atoms with Crippen LogP contribution in [0.2, 0.25) is 0 Å². The molecule has 1 aliphatic rings. The third-order valence-corrected chi connectivity index (χ3v) is 5.15. The maximum atomic E-state index is 13.8. The van der Waals surface area contributed by atoms with Crippen molar-refractivity contribution in [3.05, 3.63) is 64.9 Å². The summed E-state index contributed by atoms with van der Waals surface area (Å²) >= 11 is 0. The number of piperazine rings is 1. The van der Waals surface area contributed by atoms with Crippen LogP contribution < -0.4 is 0 Å². The molecule has 0 unspecified atom stereocenters. The molecule has 0 bridgehead atoms. The van der Waals surface area contributed by atoms with Crippen LogP contribution in [0.25, 0.3) is 5.65 Å². The number of hydrogen-bond acceptors (Lipinski definition) is 4. The van der Waals surface area contributed by atoms with Gasteiger partial charge in [-0.05, 0) is 12.1 Å². The first-order valence-electron chi connectivity index (χ1n) is 9.55. The highest BCUT2D eigenvalue weighted by molar-refractivity contribution is 5.93. The van der Waals surface area contributed by atoms with E-state index in [1.165, 1.54) is 11.0 Å². The van der Waals surface area contributed by atoms with Crippen LogP contribution in [0.4, 0.5) is 22.0 Å². The summed E-state index contributed by atoms with van der Waals surface area (Å²) in [5.74, 6) is -0.800. The third kappa shape index (κ3) is 4.36. The number of aromatic nitrogens is 3. The van der Waals surface area contributed by atoms with Gasteiger partial charge >= 0.3 is 0 Å². The van der Waals surface area contributed by atoms with E-state index in [-0.39, 0.29) is 17.2 Å². The Morgan fingerprint density at radius 1 is 1.00 bits per heavy atom.